The minimum Gasteiger partial charge on any atom is -0.389 e. The van der Waals surface area contributed by atoms with Gasteiger partial charge in [-0.1, -0.05) is 25.7 Å². The van der Waals surface area contributed by atoms with E-state index in [1.165, 1.54) is 0 Å². The van der Waals surface area contributed by atoms with Crippen molar-refractivity contribution in [1.29, 1.82) is 0 Å². The van der Waals surface area contributed by atoms with Crippen molar-refractivity contribution in [3.05, 3.63) is 29.8 Å². The van der Waals surface area contributed by atoms with Crippen LogP contribution in [0.3, 0.4) is 0 Å². The molecule has 0 aliphatic heterocycles. The predicted octanol–water partition coefficient (Wildman–Crippen LogP) is 2.33. The van der Waals surface area contributed by atoms with E-state index in [0.29, 0.717) is 18.9 Å². The van der Waals surface area contributed by atoms with Gasteiger partial charge in [-0.25, -0.2) is 21.9 Å². The summed E-state index contributed by atoms with van der Waals surface area (Å²) < 4.78 is 52.7. The van der Waals surface area contributed by atoms with E-state index >= 15 is 0 Å². The molecular weight excluding hydrogens is 300 g/mol. The molecule has 2 N–H and O–H groups in total. The van der Waals surface area contributed by atoms with Crippen molar-refractivity contribution in [2.45, 2.75) is 49.0 Å². The Morgan fingerprint density at radius 2 is 1.76 bits per heavy atom. The van der Waals surface area contributed by atoms with E-state index in [2.05, 4.69) is 4.72 Å². The summed E-state index contributed by atoms with van der Waals surface area (Å²) in [5.74, 6) is -1.98. The summed E-state index contributed by atoms with van der Waals surface area (Å²) in [6.07, 6.45) is 4.73. The van der Waals surface area contributed by atoms with Gasteiger partial charge in [-0.05, 0) is 25.0 Å². The number of nitrogens with one attached hydrogen (secondary N) is 1. The number of hydrogen-bond acceptors (Lipinski definition) is 3. The Balaban J connectivity index is 2.10. The fraction of sp³-hybridized carbons (Fsp3) is 0.571. The first-order valence-electron chi connectivity index (χ1n) is 7.00. The average molecular weight is 319 g/mol. The SMILES string of the molecule is O=S(=O)(NCC1(O)CCCCCC1)c1ccc(F)cc1F. The van der Waals surface area contributed by atoms with Gasteiger partial charge in [-0.2, -0.15) is 0 Å². The molecule has 2 rings (SSSR count). The zero-order valence-electron chi connectivity index (χ0n) is 11.6. The molecule has 1 aliphatic rings. The lowest BCUT2D eigenvalue weighted by molar-refractivity contribution is 0.0303. The van der Waals surface area contributed by atoms with Gasteiger partial charge in [0.05, 0.1) is 5.60 Å². The fourth-order valence-corrected chi connectivity index (χ4v) is 3.74. The summed E-state index contributed by atoms with van der Waals surface area (Å²) in [5, 5.41) is 10.4. The Morgan fingerprint density at radius 1 is 1.14 bits per heavy atom. The first-order valence-corrected chi connectivity index (χ1v) is 8.48. The Kier molecular flexibility index (Phi) is 4.95. The highest BCUT2D eigenvalue weighted by Crippen LogP contribution is 2.27. The molecule has 1 saturated carbocycles. The van der Waals surface area contributed by atoms with E-state index in [1.54, 1.807) is 0 Å². The molecule has 0 atom stereocenters. The van der Waals surface area contributed by atoms with Crippen LogP contribution in [0.2, 0.25) is 0 Å². The predicted molar refractivity (Wildman–Crippen MR) is 74.2 cm³/mol. The molecule has 0 bridgehead atoms. The monoisotopic (exact) mass is 319 g/mol. The molecule has 1 fully saturated rings. The highest BCUT2D eigenvalue weighted by molar-refractivity contribution is 7.89. The minimum atomic E-state index is -4.11. The highest BCUT2D eigenvalue weighted by atomic mass is 32.2. The van der Waals surface area contributed by atoms with Crippen LogP contribution in [0.15, 0.2) is 23.1 Å². The zero-order chi connectivity index (χ0) is 15.5. The molecule has 1 aliphatic carbocycles. The van der Waals surface area contributed by atoms with E-state index in [-0.39, 0.29) is 6.54 Å². The van der Waals surface area contributed by atoms with Crippen molar-refractivity contribution in [2.24, 2.45) is 0 Å². The second-order valence-electron chi connectivity index (χ2n) is 5.54. The van der Waals surface area contributed by atoms with Gasteiger partial charge >= 0.3 is 0 Å². The molecule has 0 radical (unpaired) electrons. The second kappa shape index (κ2) is 6.37. The number of rotatable bonds is 4. The van der Waals surface area contributed by atoms with Crippen LogP contribution in [0.5, 0.6) is 0 Å². The Hall–Kier alpha value is -1.05. The molecule has 0 spiro atoms. The van der Waals surface area contributed by atoms with Crippen LogP contribution < -0.4 is 4.72 Å². The summed E-state index contributed by atoms with van der Waals surface area (Å²) in [7, 11) is -4.11. The number of hydrogen-bond donors (Lipinski definition) is 2. The summed E-state index contributed by atoms with van der Waals surface area (Å²) in [4.78, 5) is -0.610. The molecule has 0 heterocycles. The van der Waals surface area contributed by atoms with Crippen LogP contribution in [0.25, 0.3) is 0 Å². The zero-order valence-corrected chi connectivity index (χ0v) is 12.4. The van der Waals surface area contributed by atoms with Crippen LogP contribution in [0.1, 0.15) is 38.5 Å². The Labute approximate surface area is 123 Å². The lowest BCUT2D eigenvalue weighted by atomic mass is 9.95. The van der Waals surface area contributed by atoms with Crippen molar-refractivity contribution in [3.63, 3.8) is 0 Å². The van der Waals surface area contributed by atoms with Gasteiger partial charge in [-0.15, -0.1) is 0 Å². The fourth-order valence-electron chi connectivity index (χ4n) is 2.56. The van der Waals surface area contributed by atoms with Gasteiger partial charge in [0.2, 0.25) is 10.0 Å². The van der Waals surface area contributed by atoms with Crippen molar-refractivity contribution >= 4 is 10.0 Å². The summed E-state index contributed by atoms with van der Waals surface area (Å²) in [6, 6.07) is 2.29. The second-order valence-corrected chi connectivity index (χ2v) is 7.27. The van der Waals surface area contributed by atoms with E-state index in [0.717, 1.165) is 37.8 Å². The van der Waals surface area contributed by atoms with Crippen molar-refractivity contribution in [2.75, 3.05) is 6.54 Å². The third-order valence-electron chi connectivity index (χ3n) is 3.81. The summed E-state index contributed by atoms with van der Waals surface area (Å²) in [6.45, 7) is -0.161. The number of halogens is 2. The smallest absolute Gasteiger partial charge is 0.243 e. The molecule has 1 aromatic rings. The third kappa shape index (κ3) is 4.21. The van der Waals surface area contributed by atoms with Gasteiger partial charge in [0.25, 0.3) is 0 Å². The maximum Gasteiger partial charge on any atom is 0.243 e. The van der Waals surface area contributed by atoms with E-state index in [4.69, 9.17) is 0 Å². The molecular formula is C14H19F2NO3S. The Morgan fingerprint density at radius 3 is 2.33 bits per heavy atom. The quantitative estimate of drug-likeness (QED) is 0.837. The first kappa shape index (κ1) is 16.3. The third-order valence-corrected chi connectivity index (χ3v) is 5.24. The maximum absolute atomic E-state index is 13.6. The molecule has 0 unspecified atom stereocenters. The number of aliphatic hydroxyl groups is 1. The van der Waals surface area contributed by atoms with Crippen LogP contribution >= 0.6 is 0 Å². The molecule has 0 amide bonds. The molecule has 7 heteroatoms. The summed E-state index contributed by atoms with van der Waals surface area (Å²) in [5.41, 5.74) is -1.10. The average Bonchev–Trinajstić information content (AvgIpc) is 2.62. The summed E-state index contributed by atoms with van der Waals surface area (Å²) >= 11 is 0. The van der Waals surface area contributed by atoms with Crippen LogP contribution in [-0.2, 0) is 10.0 Å². The Bertz CT molecular complexity index is 596. The lowest BCUT2D eigenvalue weighted by Gasteiger charge is -2.26. The minimum absolute atomic E-state index is 0.161. The van der Waals surface area contributed by atoms with Crippen molar-refractivity contribution in [1.82, 2.24) is 4.72 Å². The van der Waals surface area contributed by atoms with Gasteiger partial charge in [0.1, 0.15) is 16.5 Å². The largest absolute Gasteiger partial charge is 0.389 e. The van der Waals surface area contributed by atoms with Crippen molar-refractivity contribution in [3.8, 4) is 0 Å². The van der Waals surface area contributed by atoms with Crippen LogP contribution in [-0.4, -0.2) is 25.7 Å². The lowest BCUT2D eigenvalue weighted by Crippen LogP contribution is -2.42. The van der Waals surface area contributed by atoms with Crippen molar-refractivity contribution < 1.29 is 22.3 Å². The number of benzene rings is 1. The highest BCUT2D eigenvalue weighted by Gasteiger charge is 2.30. The first-order chi connectivity index (χ1) is 9.82. The van der Waals surface area contributed by atoms with E-state index in [9.17, 15) is 22.3 Å². The van der Waals surface area contributed by atoms with E-state index in [1.807, 2.05) is 0 Å². The molecule has 1 aromatic carbocycles. The van der Waals surface area contributed by atoms with Gasteiger partial charge in [0, 0.05) is 12.6 Å². The molecule has 0 aromatic heterocycles. The molecule has 118 valence electrons. The van der Waals surface area contributed by atoms with Gasteiger partial charge in [0.15, 0.2) is 0 Å². The maximum atomic E-state index is 13.6. The molecule has 0 saturated heterocycles. The standard InChI is InChI=1S/C14H19F2NO3S/c15-11-5-6-13(12(16)9-11)21(19,20)17-10-14(18)7-3-1-2-4-8-14/h5-6,9,17-18H,1-4,7-8,10H2. The van der Waals surface area contributed by atoms with Gasteiger partial charge < -0.3 is 5.11 Å². The molecule has 4 nitrogen and oxygen atoms in total. The van der Waals surface area contributed by atoms with E-state index < -0.39 is 32.2 Å². The normalized spacial score (nSPS) is 19.2. The van der Waals surface area contributed by atoms with Gasteiger partial charge in [-0.3, -0.25) is 0 Å². The molecule has 21 heavy (non-hydrogen) atoms. The van der Waals surface area contributed by atoms with Crippen LogP contribution in [0, 0.1) is 11.6 Å². The number of sulfonamides is 1. The van der Waals surface area contributed by atoms with Crippen LogP contribution in [0.4, 0.5) is 8.78 Å². The topological polar surface area (TPSA) is 66.4 Å².